The van der Waals surface area contributed by atoms with Gasteiger partial charge in [0.05, 0.1) is 15.5 Å². The molecular weight excluding hydrogens is 249 g/mol. The van der Waals surface area contributed by atoms with Crippen LogP contribution in [-0.4, -0.2) is 12.2 Å². The summed E-state index contributed by atoms with van der Waals surface area (Å²) in [5.41, 5.74) is -0.555. The molecule has 0 heterocycles. The minimum absolute atomic E-state index is 0.350. The van der Waals surface area contributed by atoms with Crippen LogP contribution in [0.1, 0.15) is 13.8 Å². The number of hydrogen-bond acceptors (Lipinski definition) is 2. The third kappa shape index (κ3) is 2.97. The fraction of sp³-hybridized carbons (Fsp3) is 0.273. The Bertz CT molecular complexity index is 430. The number of rotatable bonds is 3. The topological polar surface area (TPSA) is 46.2 Å². The van der Waals surface area contributed by atoms with E-state index in [0.29, 0.717) is 22.0 Å². The monoisotopic (exact) mass is 259 g/mol. The molecule has 0 aromatic heterocycles. The smallest absolute Gasteiger partial charge is 0.237 e. The second-order valence-electron chi connectivity index (χ2n) is 3.92. The highest BCUT2D eigenvalue weighted by atomic mass is 35.5. The van der Waals surface area contributed by atoms with E-state index >= 15 is 0 Å². The average Bonchev–Trinajstić information content (AvgIpc) is 2.23. The molecule has 0 aliphatic heterocycles. The fourth-order valence-electron chi connectivity index (χ4n) is 0.920. The molecule has 0 saturated carbocycles. The van der Waals surface area contributed by atoms with Gasteiger partial charge in [0.15, 0.2) is 0 Å². The Kier molecular flexibility index (Phi) is 3.94. The molecular formula is C11H11Cl2NO2. The van der Waals surface area contributed by atoms with E-state index in [4.69, 9.17) is 23.2 Å². The van der Waals surface area contributed by atoms with Crippen LogP contribution in [0.3, 0.4) is 0 Å². The third-order valence-electron chi connectivity index (χ3n) is 2.06. The van der Waals surface area contributed by atoms with Gasteiger partial charge in [-0.2, -0.15) is 0 Å². The quantitative estimate of drug-likeness (QED) is 0.670. The third-order valence-corrected chi connectivity index (χ3v) is 2.80. The van der Waals surface area contributed by atoms with Crippen LogP contribution in [-0.2, 0) is 9.59 Å². The lowest BCUT2D eigenvalue weighted by molar-refractivity contribution is -0.130. The molecule has 1 aromatic carbocycles. The summed E-state index contributed by atoms with van der Waals surface area (Å²) < 4.78 is 0. The molecule has 86 valence electrons. The molecule has 0 bridgehead atoms. The summed E-state index contributed by atoms with van der Waals surface area (Å²) in [5, 5.41) is 3.35. The lowest BCUT2D eigenvalue weighted by atomic mass is 9.94. The number of nitrogens with one attached hydrogen (secondary N) is 1. The molecule has 0 spiro atoms. The summed E-state index contributed by atoms with van der Waals surface area (Å²) in [6.45, 7) is 3.07. The van der Waals surface area contributed by atoms with Crippen LogP contribution in [0.15, 0.2) is 18.2 Å². The highest BCUT2D eigenvalue weighted by Gasteiger charge is 2.26. The number of carbonyl (C=O) groups excluding carboxylic acids is 2. The number of anilines is 1. The normalized spacial score (nSPS) is 11.0. The lowest BCUT2D eigenvalue weighted by Crippen LogP contribution is -2.31. The Morgan fingerprint density at radius 3 is 2.44 bits per heavy atom. The predicted molar refractivity (Wildman–Crippen MR) is 64.9 cm³/mol. The van der Waals surface area contributed by atoms with Gasteiger partial charge in [-0.1, -0.05) is 23.2 Å². The highest BCUT2D eigenvalue weighted by Crippen LogP contribution is 2.26. The molecule has 0 fully saturated rings. The van der Waals surface area contributed by atoms with Gasteiger partial charge in [0.2, 0.25) is 5.91 Å². The zero-order chi connectivity index (χ0) is 12.3. The minimum Gasteiger partial charge on any atom is -0.325 e. The summed E-state index contributed by atoms with van der Waals surface area (Å²) in [6, 6.07) is 4.73. The zero-order valence-corrected chi connectivity index (χ0v) is 10.4. The van der Waals surface area contributed by atoms with Crippen molar-refractivity contribution >= 4 is 41.1 Å². The van der Waals surface area contributed by atoms with E-state index in [0.717, 1.165) is 0 Å². The van der Waals surface area contributed by atoms with Crippen LogP contribution in [0, 0.1) is 5.41 Å². The number of amides is 1. The van der Waals surface area contributed by atoms with Crippen LogP contribution < -0.4 is 5.32 Å². The number of aldehydes is 1. The maximum atomic E-state index is 11.6. The van der Waals surface area contributed by atoms with Crippen molar-refractivity contribution < 1.29 is 9.59 Å². The van der Waals surface area contributed by atoms with Gasteiger partial charge >= 0.3 is 0 Å². The molecule has 1 rings (SSSR count). The average molecular weight is 260 g/mol. The van der Waals surface area contributed by atoms with Crippen LogP contribution in [0.4, 0.5) is 5.69 Å². The first-order chi connectivity index (χ1) is 7.36. The van der Waals surface area contributed by atoms with E-state index in [1.165, 1.54) is 19.9 Å². The largest absolute Gasteiger partial charge is 0.325 e. The molecule has 0 radical (unpaired) electrons. The summed E-state index contributed by atoms with van der Waals surface area (Å²) in [4.78, 5) is 22.3. The zero-order valence-electron chi connectivity index (χ0n) is 8.88. The van der Waals surface area contributed by atoms with Gasteiger partial charge in [0.25, 0.3) is 0 Å². The first-order valence-corrected chi connectivity index (χ1v) is 5.35. The van der Waals surface area contributed by atoms with E-state index in [9.17, 15) is 9.59 Å². The lowest BCUT2D eigenvalue weighted by Gasteiger charge is -2.16. The van der Waals surface area contributed by atoms with Gasteiger partial charge < -0.3 is 10.1 Å². The molecule has 1 N–H and O–H groups in total. The Labute approximate surface area is 104 Å². The molecule has 0 atom stereocenters. The first kappa shape index (κ1) is 13.0. The number of halogens is 2. The van der Waals surface area contributed by atoms with Gasteiger partial charge in [-0.15, -0.1) is 0 Å². The molecule has 0 aliphatic carbocycles. The van der Waals surface area contributed by atoms with E-state index in [-0.39, 0.29) is 5.91 Å². The summed E-state index contributed by atoms with van der Waals surface area (Å²) in [7, 11) is 0. The van der Waals surface area contributed by atoms with Crippen molar-refractivity contribution in [2.75, 3.05) is 5.32 Å². The molecule has 16 heavy (non-hydrogen) atoms. The van der Waals surface area contributed by atoms with Crippen LogP contribution >= 0.6 is 23.2 Å². The van der Waals surface area contributed by atoms with Crippen molar-refractivity contribution in [3.8, 4) is 0 Å². The van der Waals surface area contributed by atoms with Crippen molar-refractivity contribution in [3.63, 3.8) is 0 Å². The van der Waals surface area contributed by atoms with E-state index in [1.54, 1.807) is 12.1 Å². The molecule has 0 saturated heterocycles. The van der Waals surface area contributed by atoms with Gasteiger partial charge in [-0.3, -0.25) is 4.79 Å². The summed E-state index contributed by atoms with van der Waals surface area (Å²) >= 11 is 11.5. The predicted octanol–water partition coefficient (Wildman–Crippen LogP) is 3.16. The van der Waals surface area contributed by atoms with Crippen molar-refractivity contribution in [1.29, 1.82) is 0 Å². The van der Waals surface area contributed by atoms with E-state index < -0.39 is 5.41 Å². The Morgan fingerprint density at radius 2 is 1.94 bits per heavy atom. The Balaban J connectivity index is 2.85. The fourth-order valence-corrected chi connectivity index (χ4v) is 1.22. The van der Waals surface area contributed by atoms with Gasteiger partial charge in [-0.05, 0) is 32.0 Å². The van der Waals surface area contributed by atoms with Crippen LogP contribution in [0.25, 0.3) is 0 Å². The van der Waals surface area contributed by atoms with Crippen molar-refractivity contribution in [1.82, 2.24) is 0 Å². The summed E-state index contributed by atoms with van der Waals surface area (Å²) in [5.74, 6) is -0.388. The van der Waals surface area contributed by atoms with Crippen LogP contribution in [0.2, 0.25) is 10.0 Å². The minimum atomic E-state index is -1.06. The van der Waals surface area contributed by atoms with Gasteiger partial charge in [0, 0.05) is 5.69 Å². The SMILES string of the molecule is CC(C)(C=O)C(=O)Nc1ccc(Cl)c(Cl)c1. The molecule has 1 amide bonds. The molecule has 3 nitrogen and oxygen atoms in total. The van der Waals surface area contributed by atoms with E-state index in [2.05, 4.69) is 5.32 Å². The van der Waals surface area contributed by atoms with Crippen molar-refractivity contribution in [3.05, 3.63) is 28.2 Å². The maximum absolute atomic E-state index is 11.6. The maximum Gasteiger partial charge on any atom is 0.237 e. The second-order valence-corrected chi connectivity index (χ2v) is 4.74. The second kappa shape index (κ2) is 4.85. The van der Waals surface area contributed by atoms with Gasteiger partial charge in [-0.25, -0.2) is 0 Å². The summed E-state index contributed by atoms with van der Waals surface area (Å²) in [6.07, 6.45) is 0.597. The standard InChI is InChI=1S/C11H11Cl2NO2/c1-11(2,6-15)10(16)14-7-3-4-8(12)9(13)5-7/h3-6H,1-2H3,(H,14,16). The van der Waals surface area contributed by atoms with Gasteiger partial charge in [0.1, 0.15) is 6.29 Å². The number of hydrogen-bond donors (Lipinski definition) is 1. The van der Waals surface area contributed by atoms with Crippen LogP contribution in [0.5, 0.6) is 0 Å². The number of carbonyl (C=O) groups is 2. The van der Waals surface area contributed by atoms with E-state index in [1.807, 2.05) is 0 Å². The first-order valence-electron chi connectivity index (χ1n) is 4.59. The Hall–Kier alpha value is -1.06. The number of benzene rings is 1. The Morgan fingerprint density at radius 1 is 1.31 bits per heavy atom. The molecule has 1 aromatic rings. The van der Waals surface area contributed by atoms with Crippen molar-refractivity contribution in [2.24, 2.45) is 5.41 Å². The molecule has 0 unspecified atom stereocenters. The van der Waals surface area contributed by atoms with Crippen molar-refractivity contribution in [2.45, 2.75) is 13.8 Å². The highest BCUT2D eigenvalue weighted by molar-refractivity contribution is 6.42. The molecule has 0 aliphatic rings. The molecule has 5 heteroatoms.